The van der Waals surface area contributed by atoms with E-state index < -0.39 is 0 Å². The van der Waals surface area contributed by atoms with Crippen molar-refractivity contribution in [1.82, 2.24) is 9.80 Å². The molecule has 0 aliphatic carbocycles. The molecule has 0 bridgehead atoms. The van der Waals surface area contributed by atoms with Crippen LogP contribution in [0.2, 0.25) is 0 Å². The van der Waals surface area contributed by atoms with Crippen LogP contribution in [0.3, 0.4) is 0 Å². The molecule has 3 rings (SSSR count). The van der Waals surface area contributed by atoms with Gasteiger partial charge in [-0.1, -0.05) is 6.07 Å². The van der Waals surface area contributed by atoms with Crippen molar-refractivity contribution >= 4 is 11.5 Å². The summed E-state index contributed by atoms with van der Waals surface area (Å²) in [6, 6.07) is 4.89. The van der Waals surface area contributed by atoms with Crippen LogP contribution in [-0.4, -0.2) is 48.9 Å². The molecule has 0 unspecified atom stereocenters. The largest absolute Gasteiger partial charge is 0.357 e. The Kier molecular flexibility index (Phi) is 2.59. The molecule has 1 fully saturated rings. The first-order valence-corrected chi connectivity index (χ1v) is 6.02. The minimum atomic E-state index is -0.202. The van der Waals surface area contributed by atoms with E-state index in [1.807, 2.05) is 6.07 Å². The number of piperazine rings is 1. The lowest BCUT2D eigenvalue weighted by Crippen LogP contribution is -2.47. The first-order chi connectivity index (χ1) is 8.22. The Bertz CT molecular complexity index is 462. The van der Waals surface area contributed by atoms with Gasteiger partial charge in [-0.2, -0.15) is 0 Å². The molecule has 4 heteroatoms. The third-order valence-electron chi connectivity index (χ3n) is 3.51. The molecule has 17 heavy (non-hydrogen) atoms. The van der Waals surface area contributed by atoms with Gasteiger partial charge in [0.25, 0.3) is 0 Å². The van der Waals surface area contributed by atoms with Crippen LogP contribution < -0.4 is 0 Å². The van der Waals surface area contributed by atoms with Crippen LogP contribution in [0.25, 0.3) is 0 Å². The Balaban J connectivity index is 1.78. The van der Waals surface area contributed by atoms with Gasteiger partial charge in [0.15, 0.2) is 0 Å². The fourth-order valence-electron chi connectivity index (χ4n) is 2.39. The summed E-state index contributed by atoms with van der Waals surface area (Å²) >= 11 is 0. The predicted molar refractivity (Wildman–Crippen MR) is 66.3 cm³/mol. The molecule has 3 nitrogen and oxygen atoms in total. The van der Waals surface area contributed by atoms with E-state index in [4.69, 9.17) is 0 Å². The first kappa shape index (κ1) is 10.7. The number of likely N-dealkylation sites (N-methyl/N-ethyl adjacent to an activating group) is 1. The van der Waals surface area contributed by atoms with Crippen molar-refractivity contribution < 1.29 is 4.39 Å². The van der Waals surface area contributed by atoms with Gasteiger partial charge in [-0.15, -0.1) is 0 Å². The van der Waals surface area contributed by atoms with E-state index >= 15 is 0 Å². The summed E-state index contributed by atoms with van der Waals surface area (Å²) in [6.07, 6.45) is 0.847. The molecule has 2 aliphatic heterocycles. The molecule has 2 aliphatic rings. The van der Waals surface area contributed by atoms with Crippen molar-refractivity contribution in [2.45, 2.75) is 6.42 Å². The Morgan fingerprint density at radius 2 is 1.94 bits per heavy atom. The lowest BCUT2D eigenvalue weighted by atomic mass is 10.1. The molecule has 0 radical (unpaired) electrons. The predicted octanol–water partition coefficient (Wildman–Crippen LogP) is 1.66. The number of halogens is 1. The van der Waals surface area contributed by atoms with Crippen LogP contribution in [0.4, 0.5) is 10.1 Å². The highest BCUT2D eigenvalue weighted by atomic mass is 19.1. The van der Waals surface area contributed by atoms with Crippen molar-refractivity contribution in [3.8, 4) is 0 Å². The van der Waals surface area contributed by atoms with E-state index in [0.717, 1.165) is 49.7 Å². The van der Waals surface area contributed by atoms with Crippen LogP contribution in [0, 0.1) is 5.82 Å². The second kappa shape index (κ2) is 4.11. The van der Waals surface area contributed by atoms with Crippen molar-refractivity contribution in [2.75, 3.05) is 33.2 Å². The summed E-state index contributed by atoms with van der Waals surface area (Å²) in [7, 11) is 2.14. The number of aliphatic imine (C=N–C) groups is 1. The summed E-state index contributed by atoms with van der Waals surface area (Å²) in [5, 5.41) is 0. The molecule has 0 N–H and O–H groups in total. The van der Waals surface area contributed by atoms with Gasteiger partial charge in [0.2, 0.25) is 0 Å². The van der Waals surface area contributed by atoms with Crippen molar-refractivity contribution in [3.63, 3.8) is 0 Å². The zero-order chi connectivity index (χ0) is 11.8. The number of fused-ring (bicyclic) bond motifs is 1. The van der Waals surface area contributed by atoms with Crippen molar-refractivity contribution in [1.29, 1.82) is 0 Å². The Morgan fingerprint density at radius 1 is 1.18 bits per heavy atom. The van der Waals surface area contributed by atoms with Gasteiger partial charge in [0.05, 0.1) is 5.69 Å². The second-order valence-electron chi connectivity index (χ2n) is 4.77. The maximum Gasteiger partial charge on any atom is 0.125 e. The topological polar surface area (TPSA) is 18.8 Å². The molecular weight excluding hydrogens is 217 g/mol. The highest BCUT2D eigenvalue weighted by molar-refractivity contribution is 5.92. The fourth-order valence-corrected chi connectivity index (χ4v) is 2.39. The highest BCUT2D eigenvalue weighted by Crippen LogP contribution is 2.28. The summed E-state index contributed by atoms with van der Waals surface area (Å²) < 4.78 is 13.1. The molecule has 2 heterocycles. The van der Waals surface area contributed by atoms with Crippen LogP contribution in [0.5, 0.6) is 0 Å². The third-order valence-corrected chi connectivity index (χ3v) is 3.51. The Morgan fingerprint density at radius 3 is 2.71 bits per heavy atom. The maximum atomic E-state index is 13.1. The van der Waals surface area contributed by atoms with E-state index in [-0.39, 0.29) is 5.82 Å². The van der Waals surface area contributed by atoms with Gasteiger partial charge in [0.1, 0.15) is 11.7 Å². The molecule has 1 aromatic rings. The summed E-state index contributed by atoms with van der Waals surface area (Å²) in [6.45, 7) is 4.19. The summed E-state index contributed by atoms with van der Waals surface area (Å²) in [4.78, 5) is 9.18. The van der Waals surface area contributed by atoms with Gasteiger partial charge in [-0.05, 0) is 24.7 Å². The average Bonchev–Trinajstić information content (AvgIpc) is 2.72. The normalized spacial score (nSPS) is 20.4. The van der Waals surface area contributed by atoms with Gasteiger partial charge in [-0.3, -0.25) is 0 Å². The third kappa shape index (κ3) is 2.05. The smallest absolute Gasteiger partial charge is 0.125 e. The minimum absolute atomic E-state index is 0.202. The van der Waals surface area contributed by atoms with Crippen LogP contribution in [0.1, 0.15) is 5.56 Å². The lowest BCUT2D eigenvalue weighted by Gasteiger charge is -2.33. The maximum absolute atomic E-state index is 13.1. The quantitative estimate of drug-likeness (QED) is 0.678. The fraction of sp³-hybridized carbons (Fsp3) is 0.462. The Labute approximate surface area is 101 Å². The van der Waals surface area contributed by atoms with Gasteiger partial charge in [-0.25, -0.2) is 9.38 Å². The van der Waals surface area contributed by atoms with Crippen molar-refractivity contribution in [2.24, 2.45) is 4.99 Å². The second-order valence-corrected chi connectivity index (χ2v) is 4.77. The highest BCUT2D eigenvalue weighted by Gasteiger charge is 2.22. The molecule has 0 spiro atoms. The number of hydrogen-bond donors (Lipinski definition) is 0. The molecular formula is C13H16FN3. The van der Waals surface area contributed by atoms with E-state index in [1.54, 1.807) is 0 Å². The molecule has 90 valence electrons. The van der Waals surface area contributed by atoms with Crippen LogP contribution in [-0.2, 0) is 6.42 Å². The SMILES string of the molecule is CN1CCN(C2=Nc3cc(F)ccc3C2)CC1. The van der Waals surface area contributed by atoms with E-state index in [2.05, 4.69) is 21.8 Å². The zero-order valence-electron chi connectivity index (χ0n) is 9.99. The van der Waals surface area contributed by atoms with Gasteiger partial charge in [0, 0.05) is 32.6 Å². The Hall–Kier alpha value is -1.42. The number of hydrogen-bond acceptors (Lipinski definition) is 3. The van der Waals surface area contributed by atoms with E-state index in [1.165, 1.54) is 12.1 Å². The average molecular weight is 233 g/mol. The molecule has 0 atom stereocenters. The summed E-state index contributed by atoms with van der Waals surface area (Å²) in [5.74, 6) is 0.894. The van der Waals surface area contributed by atoms with E-state index in [9.17, 15) is 4.39 Å². The molecule has 0 aromatic heterocycles. The number of nitrogens with zero attached hydrogens (tertiary/aromatic N) is 3. The lowest BCUT2D eigenvalue weighted by molar-refractivity contribution is 0.214. The molecule has 0 amide bonds. The number of benzene rings is 1. The summed E-state index contributed by atoms with van der Waals surface area (Å²) in [5.41, 5.74) is 1.94. The van der Waals surface area contributed by atoms with Crippen molar-refractivity contribution in [3.05, 3.63) is 29.6 Å². The molecule has 1 saturated heterocycles. The van der Waals surface area contributed by atoms with Crippen LogP contribution in [0.15, 0.2) is 23.2 Å². The molecule has 0 saturated carbocycles. The number of amidine groups is 1. The van der Waals surface area contributed by atoms with E-state index in [0.29, 0.717) is 0 Å². The molecule has 1 aromatic carbocycles. The van der Waals surface area contributed by atoms with Gasteiger partial charge >= 0.3 is 0 Å². The minimum Gasteiger partial charge on any atom is -0.357 e. The zero-order valence-corrected chi connectivity index (χ0v) is 9.99. The first-order valence-electron chi connectivity index (χ1n) is 6.02. The standard InChI is InChI=1S/C13H16FN3/c1-16-4-6-17(7-5-16)13-8-10-2-3-11(14)9-12(10)15-13/h2-3,9H,4-8H2,1H3. The van der Waals surface area contributed by atoms with Crippen LogP contribution >= 0.6 is 0 Å². The van der Waals surface area contributed by atoms with Gasteiger partial charge < -0.3 is 9.80 Å². The monoisotopic (exact) mass is 233 g/mol. The number of rotatable bonds is 0.